The van der Waals surface area contributed by atoms with Crippen molar-refractivity contribution in [3.05, 3.63) is 11.0 Å². The van der Waals surface area contributed by atoms with Crippen LogP contribution in [0, 0.1) is 0 Å². The Morgan fingerprint density at radius 1 is 1.20 bits per heavy atom. The predicted octanol–water partition coefficient (Wildman–Crippen LogP) is 2.81. The maximum atomic E-state index is 6.04. The average molecular weight is 300 g/mol. The molecule has 6 heteroatoms. The molecule has 0 radical (unpaired) electrons. The highest BCUT2D eigenvalue weighted by Gasteiger charge is 2.09. The molecule has 0 saturated carbocycles. The van der Waals surface area contributed by atoms with Gasteiger partial charge in [0.1, 0.15) is 11.5 Å². The van der Waals surface area contributed by atoms with Crippen LogP contribution in [-0.4, -0.2) is 41.0 Å². The van der Waals surface area contributed by atoms with Gasteiger partial charge in [-0.15, -0.1) is 0 Å². The molecule has 0 amide bonds. The monoisotopic (exact) mass is 299 g/mol. The number of aromatic nitrogens is 2. The van der Waals surface area contributed by atoms with E-state index in [-0.39, 0.29) is 0 Å². The van der Waals surface area contributed by atoms with Gasteiger partial charge in [-0.3, -0.25) is 0 Å². The van der Waals surface area contributed by atoms with E-state index in [2.05, 4.69) is 41.0 Å². The van der Waals surface area contributed by atoms with Crippen molar-refractivity contribution >= 4 is 23.1 Å². The number of nitrogens with two attached hydrogens (primary N) is 1. The Kier molecular flexibility index (Phi) is 7.62. The fourth-order valence-electron chi connectivity index (χ4n) is 2.00. The van der Waals surface area contributed by atoms with E-state index < -0.39 is 0 Å². The topological polar surface area (TPSA) is 67.1 Å². The van der Waals surface area contributed by atoms with Crippen LogP contribution in [-0.2, 0) is 6.42 Å². The zero-order valence-electron chi connectivity index (χ0n) is 12.7. The van der Waals surface area contributed by atoms with Gasteiger partial charge in [0.2, 0.25) is 0 Å². The molecular formula is C14H26ClN5. The van der Waals surface area contributed by atoms with Gasteiger partial charge >= 0.3 is 0 Å². The molecule has 1 heterocycles. The van der Waals surface area contributed by atoms with Crippen molar-refractivity contribution in [1.29, 1.82) is 0 Å². The summed E-state index contributed by atoms with van der Waals surface area (Å²) in [6.07, 6.45) is 2.85. The quantitative estimate of drug-likeness (QED) is 0.542. The second-order valence-electron chi connectivity index (χ2n) is 4.75. The molecule has 20 heavy (non-hydrogen) atoms. The highest BCUT2D eigenvalue weighted by molar-refractivity contribution is 6.32. The van der Waals surface area contributed by atoms with Crippen molar-refractivity contribution < 1.29 is 0 Å². The molecule has 0 fully saturated rings. The smallest absolute Gasteiger partial charge is 0.157 e. The molecule has 0 atom stereocenters. The number of rotatable bonds is 9. The lowest BCUT2D eigenvalue weighted by Gasteiger charge is -2.18. The van der Waals surface area contributed by atoms with Gasteiger partial charge in [-0.2, -0.15) is 0 Å². The molecule has 0 spiro atoms. The molecule has 3 N–H and O–H groups in total. The summed E-state index contributed by atoms with van der Waals surface area (Å²) in [4.78, 5) is 11.0. The van der Waals surface area contributed by atoms with Gasteiger partial charge in [0, 0.05) is 13.0 Å². The third kappa shape index (κ3) is 5.13. The molecule has 0 aliphatic heterocycles. The normalized spacial score (nSPS) is 11.1. The highest BCUT2D eigenvalue weighted by atomic mass is 35.5. The Morgan fingerprint density at radius 3 is 2.50 bits per heavy atom. The van der Waals surface area contributed by atoms with Crippen molar-refractivity contribution in [2.75, 3.05) is 37.2 Å². The zero-order chi connectivity index (χ0) is 15.0. The molecular weight excluding hydrogens is 274 g/mol. The average Bonchev–Trinajstić information content (AvgIpc) is 2.44. The van der Waals surface area contributed by atoms with E-state index in [0.29, 0.717) is 16.7 Å². The Hall–Kier alpha value is -1.07. The minimum atomic E-state index is 0.342. The summed E-state index contributed by atoms with van der Waals surface area (Å²) in [6, 6.07) is 0. The standard InChI is InChI=1S/C14H26ClN5/c1-4-8-11-18-13(15)12(16)14(19-11)17-9-7-10-20(5-2)6-3/h4-10,16H2,1-3H3,(H,17,18,19). The van der Waals surface area contributed by atoms with Crippen LogP contribution in [0.1, 0.15) is 39.4 Å². The molecule has 0 aliphatic carbocycles. The van der Waals surface area contributed by atoms with Crippen LogP contribution in [0.15, 0.2) is 0 Å². The van der Waals surface area contributed by atoms with Crippen LogP contribution in [0.2, 0.25) is 5.15 Å². The van der Waals surface area contributed by atoms with Gasteiger partial charge in [0.25, 0.3) is 0 Å². The summed E-state index contributed by atoms with van der Waals surface area (Å²) >= 11 is 6.04. The molecule has 1 aromatic rings. The summed E-state index contributed by atoms with van der Waals surface area (Å²) in [7, 11) is 0. The first-order valence-electron chi connectivity index (χ1n) is 7.40. The maximum Gasteiger partial charge on any atom is 0.157 e. The molecule has 0 bridgehead atoms. The maximum absolute atomic E-state index is 6.04. The number of aryl methyl sites for hydroxylation is 1. The first-order chi connectivity index (χ1) is 9.62. The Morgan fingerprint density at radius 2 is 1.90 bits per heavy atom. The molecule has 0 saturated heterocycles. The van der Waals surface area contributed by atoms with Crippen molar-refractivity contribution in [3.63, 3.8) is 0 Å². The second-order valence-corrected chi connectivity index (χ2v) is 5.11. The predicted molar refractivity (Wildman–Crippen MR) is 86.3 cm³/mol. The minimum Gasteiger partial charge on any atom is -0.393 e. The zero-order valence-corrected chi connectivity index (χ0v) is 13.5. The van der Waals surface area contributed by atoms with Crippen molar-refractivity contribution in [1.82, 2.24) is 14.9 Å². The van der Waals surface area contributed by atoms with Gasteiger partial charge < -0.3 is 16.0 Å². The van der Waals surface area contributed by atoms with Crippen LogP contribution in [0.4, 0.5) is 11.5 Å². The number of nitrogens with one attached hydrogen (secondary N) is 1. The lowest BCUT2D eigenvalue weighted by molar-refractivity contribution is 0.303. The molecule has 0 aromatic carbocycles. The van der Waals surface area contributed by atoms with E-state index in [1.165, 1.54) is 0 Å². The molecule has 1 aromatic heterocycles. The molecule has 114 valence electrons. The molecule has 1 rings (SSSR count). The van der Waals surface area contributed by atoms with Crippen LogP contribution in [0.5, 0.6) is 0 Å². The lowest BCUT2D eigenvalue weighted by atomic mass is 10.3. The molecule has 0 aliphatic rings. The molecule has 0 unspecified atom stereocenters. The minimum absolute atomic E-state index is 0.342. The van der Waals surface area contributed by atoms with E-state index >= 15 is 0 Å². The van der Waals surface area contributed by atoms with E-state index in [9.17, 15) is 0 Å². The summed E-state index contributed by atoms with van der Waals surface area (Å²) in [5, 5.41) is 3.61. The summed E-state index contributed by atoms with van der Waals surface area (Å²) in [6.45, 7) is 10.5. The van der Waals surface area contributed by atoms with Crippen molar-refractivity contribution in [3.8, 4) is 0 Å². The Balaban J connectivity index is 2.54. The Bertz CT molecular complexity index is 407. The number of hydrogen-bond donors (Lipinski definition) is 2. The number of anilines is 2. The van der Waals surface area contributed by atoms with Gasteiger partial charge in [0.05, 0.1) is 0 Å². The Labute approximate surface area is 126 Å². The van der Waals surface area contributed by atoms with Crippen LogP contribution in [0.3, 0.4) is 0 Å². The van der Waals surface area contributed by atoms with Gasteiger partial charge in [0.15, 0.2) is 11.0 Å². The van der Waals surface area contributed by atoms with E-state index in [0.717, 1.165) is 51.3 Å². The second kappa shape index (κ2) is 8.97. The van der Waals surface area contributed by atoms with Gasteiger partial charge in [-0.1, -0.05) is 32.4 Å². The first kappa shape index (κ1) is 17.0. The number of hydrogen-bond acceptors (Lipinski definition) is 5. The first-order valence-corrected chi connectivity index (χ1v) is 7.78. The van der Waals surface area contributed by atoms with Crippen LogP contribution < -0.4 is 11.1 Å². The largest absolute Gasteiger partial charge is 0.393 e. The van der Waals surface area contributed by atoms with E-state index in [1.54, 1.807) is 0 Å². The highest BCUT2D eigenvalue weighted by Crippen LogP contribution is 2.23. The van der Waals surface area contributed by atoms with E-state index in [1.807, 2.05) is 0 Å². The van der Waals surface area contributed by atoms with Crippen molar-refractivity contribution in [2.24, 2.45) is 0 Å². The lowest BCUT2D eigenvalue weighted by Crippen LogP contribution is -2.25. The van der Waals surface area contributed by atoms with Crippen LogP contribution >= 0.6 is 11.6 Å². The summed E-state index contributed by atoms with van der Waals surface area (Å²) in [5.74, 6) is 1.41. The number of nitrogen functional groups attached to an aromatic ring is 1. The number of nitrogens with zero attached hydrogens (tertiary/aromatic N) is 3. The van der Waals surface area contributed by atoms with Gasteiger partial charge in [-0.05, 0) is 32.5 Å². The van der Waals surface area contributed by atoms with Crippen molar-refractivity contribution in [2.45, 2.75) is 40.0 Å². The van der Waals surface area contributed by atoms with Gasteiger partial charge in [-0.25, -0.2) is 9.97 Å². The fraction of sp³-hybridized carbons (Fsp3) is 0.714. The summed E-state index contributed by atoms with van der Waals surface area (Å²) in [5.41, 5.74) is 6.35. The molecule has 5 nitrogen and oxygen atoms in total. The third-order valence-electron chi connectivity index (χ3n) is 3.26. The van der Waals surface area contributed by atoms with Crippen LogP contribution in [0.25, 0.3) is 0 Å². The van der Waals surface area contributed by atoms with E-state index in [4.69, 9.17) is 17.3 Å². The summed E-state index contributed by atoms with van der Waals surface area (Å²) < 4.78 is 0. The SMILES string of the molecule is CCCc1nc(Cl)c(N)c(NCCCN(CC)CC)n1. The fourth-order valence-corrected chi connectivity index (χ4v) is 2.19. The number of halogens is 1. The third-order valence-corrected chi connectivity index (χ3v) is 3.55.